The number of aryl methyl sites for hydroxylation is 1. The first kappa shape index (κ1) is 20.2. The van der Waals surface area contributed by atoms with Crippen LogP contribution < -0.4 is 0 Å². The summed E-state index contributed by atoms with van der Waals surface area (Å²) in [5.41, 5.74) is 6.07. The predicted molar refractivity (Wildman–Crippen MR) is 125 cm³/mol. The van der Waals surface area contributed by atoms with E-state index in [1.807, 2.05) is 58.8 Å². The van der Waals surface area contributed by atoms with Gasteiger partial charge in [0.2, 0.25) is 0 Å². The maximum absolute atomic E-state index is 13.7. The average molecular weight is 459 g/mol. The van der Waals surface area contributed by atoms with Crippen LogP contribution in [-0.4, -0.2) is 41.4 Å². The van der Waals surface area contributed by atoms with Crippen LogP contribution in [0.3, 0.4) is 0 Å². The molecule has 0 radical (unpaired) electrons. The van der Waals surface area contributed by atoms with Crippen LogP contribution in [0.4, 0.5) is 0 Å². The van der Waals surface area contributed by atoms with Gasteiger partial charge in [0.25, 0.3) is 5.91 Å². The van der Waals surface area contributed by atoms with Gasteiger partial charge >= 0.3 is 0 Å². The second-order valence-corrected chi connectivity index (χ2v) is 9.22. The molecule has 2 unspecified atom stereocenters. The summed E-state index contributed by atoms with van der Waals surface area (Å²) in [6.45, 7) is 0. The summed E-state index contributed by atoms with van der Waals surface area (Å²) in [4.78, 5) is 15.7. The highest BCUT2D eigenvalue weighted by Gasteiger charge is 2.43. The zero-order chi connectivity index (χ0) is 22.5. The quantitative estimate of drug-likeness (QED) is 0.449. The fourth-order valence-corrected chi connectivity index (χ4v) is 5.60. The number of hydrogen-bond donors (Lipinski definition) is 0. The van der Waals surface area contributed by atoms with Crippen LogP contribution in [0.1, 0.15) is 46.9 Å². The van der Waals surface area contributed by atoms with Crippen LogP contribution in [-0.2, 0) is 13.5 Å². The summed E-state index contributed by atoms with van der Waals surface area (Å²) in [5, 5.41) is 13.3. The molecule has 1 saturated heterocycles. The predicted octanol–water partition coefficient (Wildman–Crippen LogP) is 4.61. The van der Waals surface area contributed by atoms with Crippen molar-refractivity contribution < 1.29 is 4.79 Å². The van der Waals surface area contributed by atoms with E-state index in [1.165, 1.54) is 5.56 Å². The molecule has 0 N–H and O–H groups in total. The van der Waals surface area contributed by atoms with E-state index in [9.17, 15) is 4.79 Å². The molecule has 2 aliphatic rings. The molecule has 8 heteroatoms. The van der Waals surface area contributed by atoms with E-state index >= 15 is 0 Å². The van der Waals surface area contributed by atoms with Gasteiger partial charge in [-0.05, 0) is 62.1 Å². The molecule has 6 rings (SSSR count). The van der Waals surface area contributed by atoms with E-state index < -0.39 is 0 Å². The van der Waals surface area contributed by atoms with E-state index in [4.69, 9.17) is 16.7 Å². The Bertz CT molecular complexity index is 1330. The second kappa shape index (κ2) is 7.85. The van der Waals surface area contributed by atoms with Gasteiger partial charge in [0, 0.05) is 40.5 Å². The van der Waals surface area contributed by atoms with Gasteiger partial charge in [0.1, 0.15) is 12.7 Å². The van der Waals surface area contributed by atoms with Gasteiger partial charge in [0.15, 0.2) is 0 Å². The first-order valence-corrected chi connectivity index (χ1v) is 11.6. The molecule has 2 bridgehead atoms. The number of halogens is 1. The fraction of sp³-hybridized carbons (Fsp3) is 0.280. The van der Waals surface area contributed by atoms with Gasteiger partial charge in [-0.1, -0.05) is 23.7 Å². The second-order valence-electron chi connectivity index (χ2n) is 8.78. The normalized spacial score (nSPS) is 19.4. The van der Waals surface area contributed by atoms with Crippen molar-refractivity contribution in [2.24, 2.45) is 7.05 Å². The number of carbonyl (C=O) groups is 1. The number of benzene rings is 2. The highest BCUT2D eigenvalue weighted by Crippen LogP contribution is 2.45. The smallest absolute Gasteiger partial charge is 0.254 e. The van der Waals surface area contributed by atoms with Gasteiger partial charge in [-0.3, -0.25) is 14.0 Å². The van der Waals surface area contributed by atoms with Gasteiger partial charge in [-0.25, -0.2) is 0 Å². The monoisotopic (exact) mass is 458 g/mol. The highest BCUT2D eigenvalue weighted by atomic mass is 35.5. The molecule has 4 heterocycles. The Morgan fingerprint density at radius 3 is 2.61 bits per heavy atom. The minimum Gasteiger partial charge on any atom is -0.327 e. The zero-order valence-electron chi connectivity index (χ0n) is 18.2. The molecule has 33 heavy (non-hydrogen) atoms. The lowest BCUT2D eigenvalue weighted by atomic mass is 9.81. The molecule has 1 amide bonds. The van der Waals surface area contributed by atoms with Gasteiger partial charge in [-0.2, -0.15) is 5.10 Å². The van der Waals surface area contributed by atoms with E-state index in [-0.39, 0.29) is 18.0 Å². The van der Waals surface area contributed by atoms with Crippen LogP contribution in [0, 0.1) is 0 Å². The standard InChI is InChI=1S/C25H23ClN6O/c1-30-24(17-4-2-5-18(26)12-17)21-13-20-6-3-7-22(23(21)29-30)32(20)25(33)16-8-10-19(11-9-16)31-14-27-28-15-31/h2,4-5,8-12,14-15,20,22H,3,6-7,13H2,1H3. The van der Waals surface area contributed by atoms with E-state index in [0.717, 1.165) is 48.3 Å². The summed E-state index contributed by atoms with van der Waals surface area (Å²) in [6, 6.07) is 15.7. The molecule has 0 spiro atoms. The number of carbonyl (C=O) groups excluding carboxylic acids is 1. The Hall–Kier alpha value is -3.45. The lowest BCUT2D eigenvalue weighted by molar-refractivity contribution is 0.0392. The van der Waals surface area contributed by atoms with Crippen molar-refractivity contribution in [1.82, 2.24) is 29.4 Å². The molecule has 4 aromatic rings. The number of fused-ring (bicyclic) bond motifs is 4. The summed E-state index contributed by atoms with van der Waals surface area (Å²) < 4.78 is 3.77. The Morgan fingerprint density at radius 2 is 1.85 bits per heavy atom. The van der Waals surface area contributed by atoms with E-state index in [1.54, 1.807) is 12.7 Å². The van der Waals surface area contributed by atoms with Crippen molar-refractivity contribution in [2.45, 2.75) is 37.8 Å². The average Bonchev–Trinajstić information content (AvgIpc) is 3.46. The third kappa shape index (κ3) is 3.35. The Balaban J connectivity index is 1.36. The summed E-state index contributed by atoms with van der Waals surface area (Å²) in [6.07, 6.45) is 7.14. The Kier molecular flexibility index (Phi) is 4.80. The number of nitrogens with zero attached hydrogens (tertiary/aromatic N) is 6. The summed E-state index contributed by atoms with van der Waals surface area (Å²) in [7, 11) is 1.98. The Morgan fingerprint density at radius 1 is 1.06 bits per heavy atom. The molecule has 7 nitrogen and oxygen atoms in total. The number of rotatable bonds is 3. The van der Waals surface area contributed by atoms with Crippen molar-refractivity contribution in [3.63, 3.8) is 0 Å². The lowest BCUT2D eigenvalue weighted by Crippen LogP contribution is -2.49. The number of amides is 1. The minimum atomic E-state index is -0.00309. The SMILES string of the molecule is Cn1nc2c(c1-c1cccc(Cl)c1)CC1CCCC2N1C(=O)c1ccc(-n2cnnc2)cc1. The first-order chi connectivity index (χ1) is 16.1. The van der Waals surface area contributed by atoms with Crippen molar-refractivity contribution in [3.8, 4) is 16.9 Å². The summed E-state index contributed by atoms with van der Waals surface area (Å²) >= 11 is 6.28. The molecule has 0 saturated carbocycles. The molecule has 2 aliphatic heterocycles. The van der Waals surface area contributed by atoms with Crippen molar-refractivity contribution in [2.75, 3.05) is 0 Å². The first-order valence-electron chi connectivity index (χ1n) is 11.2. The molecule has 166 valence electrons. The fourth-order valence-electron chi connectivity index (χ4n) is 5.41. The van der Waals surface area contributed by atoms with Crippen LogP contribution in [0.15, 0.2) is 61.2 Å². The topological polar surface area (TPSA) is 68.8 Å². The number of hydrogen-bond acceptors (Lipinski definition) is 4. The van der Waals surface area contributed by atoms with Crippen molar-refractivity contribution >= 4 is 17.5 Å². The molecule has 1 fully saturated rings. The van der Waals surface area contributed by atoms with Gasteiger partial charge in [0.05, 0.1) is 17.4 Å². The van der Waals surface area contributed by atoms with Crippen molar-refractivity contribution in [1.29, 1.82) is 0 Å². The van der Waals surface area contributed by atoms with Crippen LogP contribution in [0.5, 0.6) is 0 Å². The van der Waals surface area contributed by atoms with E-state index in [0.29, 0.717) is 10.6 Å². The zero-order valence-corrected chi connectivity index (χ0v) is 19.0. The van der Waals surface area contributed by atoms with Crippen molar-refractivity contribution in [3.05, 3.63) is 83.0 Å². The third-order valence-electron chi connectivity index (χ3n) is 6.84. The van der Waals surface area contributed by atoms with Crippen LogP contribution in [0.2, 0.25) is 5.02 Å². The lowest BCUT2D eigenvalue weighted by Gasteiger charge is -2.45. The third-order valence-corrected chi connectivity index (χ3v) is 7.07. The molecular weight excluding hydrogens is 436 g/mol. The summed E-state index contributed by atoms with van der Waals surface area (Å²) in [5.74, 6) is 0.0700. The molecule has 2 aromatic heterocycles. The van der Waals surface area contributed by atoms with Gasteiger partial charge in [-0.15, -0.1) is 10.2 Å². The highest BCUT2D eigenvalue weighted by molar-refractivity contribution is 6.30. The molecule has 2 atom stereocenters. The molecule has 0 aliphatic carbocycles. The maximum atomic E-state index is 13.7. The Labute approximate surface area is 196 Å². The minimum absolute atomic E-state index is 0.00309. The number of piperidine rings is 1. The maximum Gasteiger partial charge on any atom is 0.254 e. The molecular formula is C25H23ClN6O. The van der Waals surface area contributed by atoms with Crippen LogP contribution in [0.25, 0.3) is 16.9 Å². The van der Waals surface area contributed by atoms with E-state index in [2.05, 4.69) is 21.2 Å². The largest absolute Gasteiger partial charge is 0.327 e. The number of aromatic nitrogens is 5. The molecule has 2 aromatic carbocycles. The van der Waals surface area contributed by atoms with Gasteiger partial charge < -0.3 is 4.90 Å². The van der Waals surface area contributed by atoms with Crippen LogP contribution >= 0.6 is 11.6 Å².